The highest BCUT2D eigenvalue weighted by Crippen LogP contribution is 2.37. The number of alkyl halides is 4. The smallest absolute Gasteiger partial charge is 0.401 e. The number of anilines is 1. The van der Waals surface area contributed by atoms with E-state index in [4.69, 9.17) is 9.47 Å². The van der Waals surface area contributed by atoms with Gasteiger partial charge in [-0.1, -0.05) is 18.2 Å². The zero-order chi connectivity index (χ0) is 29.2. The van der Waals surface area contributed by atoms with Gasteiger partial charge in [-0.05, 0) is 13.8 Å². The number of aromatic nitrogens is 2. The van der Waals surface area contributed by atoms with Gasteiger partial charge in [-0.3, -0.25) is 4.79 Å². The van der Waals surface area contributed by atoms with E-state index in [1.165, 1.54) is 38.0 Å². The first kappa shape index (κ1) is 29.6. The molecule has 14 heteroatoms. The molecule has 9 nitrogen and oxygen atoms in total. The molecule has 1 N–H and O–H groups in total. The number of esters is 1. The molecule has 3 heterocycles. The second-order valence-electron chi connectivity index (χ2n) is 9.51. The Balaban J connectivity index is 1.73. The molecule has 0 aliphatic carbocycles. The third-order valence-electron chi connectivity index (χ3n) is 7.08. The molecule has 1 amide bonds. The third kappa shape index (κ3) is 5.46. The second kappa shape index (κ2) is 11.6. The summed E-state index contributed by atoms with van der Waals surface area (Å²) in [5.74, 6) is -9.04. The Bertz CT molecular complexity index is 1270. The van der Waals surface area contributed by atoms with Crippen molar-refractivity contribution >= 4 is 17.7 Å². The predicted octanol–water partition coefficient (Wildman–Crippen LogP) is 4.42. The van der Waals surface area contributed by atoms with Gasteiger partial charge in [-0.15, -0.1) is 0 Å². The van der Waals surface area contributed by atoms with Gasteiger partial charge in [-0.2, -0.15) is 8.78 Å². The number of amides is 1. The Morgan fingerprint density at radius 1 is 1.18 bits per heavy atom. The molecule has 0 saturated carbocycles. The van der Waals surface area contributed by atoms with Crippen LogP contribution in [0.4, 0.5) is 27.8 Å². The minimum Gasteiger partial charge on any atom is -0.461 e. The molecule has 0 radical (unpaired) electrons. The summed E-state index contributed by atoms with van der Waals surface area (Å²) in [6, 6.07) is 2.45. The van der Waals surface area contributed by atoms with Crippen molar-refractivity contribution in [3.63, 3.8) is 0 Å². The summed E-state index contributed by atoms with van der Waals surface area (Å²) in [7, 11) is 1.40. The topological polar surface area (TPSA) is 103 Å². The van der Waals surface area contributed by atoms with Crippen molar-refractivity contribution < 1.29 is 45.8 Å². The number of carbonyl (C=O) groups is 2. The molecule has 1 aromatic carbocycles. The molecule has 0 bridgehead atoms. The maximum absolute atomic E-state index is 15.0. The van der Waals surface area contributed by atoms with Crippen LogP contribution in [0.1, 0.15) is 67.4 Å². The van der Waals surface area contributed by atoms with Crippen LogP contribution in [0.15, 0.2) is 18.2 Å². The summed E-state index contributed by atoms with van der Waals surface area (Å²) >= 11 is 0. The fourth-order valence-electron chi connectivity index (χ4n) is 4.82. The Morgan fingerprint density at radius 3 is 2.48 bits per heavy atom. The highest BCUT2D eigenvalue weighted by Gasteiger charge is 2.49. The minimum atomic E-state index is -4.24. The summed E-state index contributed by atoms with van der Waals surface area (Å²) in [6.07, 6.45) is -2.49. The lowest BCUT2D eigenvalue weighted by molar-refractivity contribution is -0.174. The molecule has 1 saturated heterocycles. The van der Waals surface area contributed by atoms with E-state index in [9.17, 15) is 22.8 Å². The molecular weight excluding hydrogens is 543 g/mol. The molecule has 218 valence electrons. The fourth-order valence-corrected chi connectivity index (χ4v) is 4.82. The molecule has 1 fully saturated rings. The van der Waals surface area contributed by atoms with Crippen LogP contribution in [0, 0.1) is 5.82 Å². The van der Waals surface area contributed by atoms with E-state index in [1.807, 2.05) is 0 Å². The highest BCUT2D eigenvalue weighted by atomic mass is 19.3. The Labute approximate surface area is 227 Å². The van der Waals surface area contributed by atoms with Crippen molar-refractivity contribution in [1.82, 2.24) is 14.9 Å². The van der Waals surface area contributed by atoms with Crippen LogP contribution >= 0.6 is 0 Å². The first-order chi connectivity index (χ1) is 18.9. The molecule has 1 aromatic heterocycles. The van der Waals surface area contributed by atoms with Gasteiger partial charge in [0, 0.05) is 44.3 Å². The average Bonchev–Trinajstić information content (AvgIpc) is 3.37. The van der Waals surface area contributed by atoms with Gasteiger partial charge in [-0.25, -0.2) is 27.9 Å². The van der Waals surface area contributed by atoms with Gasteiger partial charge in [0.05, 0.1) is 37.0 Å². The molecule has 1 atom stereocenters. The highest BCUT2D eigenvalue weighted by molar-refractivity contribution is 5.86. The van der Waals surface area contributed by atoms with Crippen LogP contribution in [-0.4, -0.2) is 59.3 Å². The number of ether oxygens (including phenoxy) is 3. The number of methoxy groups -OCH3 is 1. The number of fused-ring (bicyclic) bond motifs is 1. The molecule has 4 rings (SSSR count). The molecule has 40 heavy (non-hydrogen) atoms. The van der Waals surface area contributed by atoms with E-state index in [2.05, 4.69) is 20.0 Å². The average molecular weight is 573 g/mol. The van der Waals surface area contributed by atoms with Gasteiger partial charge in [0.1, 0.15) is 11.6 Å². The molecular formula is C26H29F5N4O5. The number of nitrogens with zero attached hydrogens (tertiary/aromatic N) is 3. The normalized spacial score (nSPS) is 17.5. The Morgan fingerprint density at radius 2 is 1.85 bits per heavy atom. The summed E-state index contributed by atoms with van der Waals surface area (Å²) in [4.78, 5) is 34.7. The van der Waals surface area contributed by atoms with Crippen molar-refractivity contribution in [3.8, 4) is 0 Å². The quantitative estimate of drug-likeness (QED) is 0.348. The number of benzene rings is 1. The first-order valence-electron chi connectivity index (χ1n) is 12.7. The molecule has 0 unspecified atom stereocenters. The van der Waals surface area contributed by atoms with Crippen LogP contribution in [0.2, 0.25) is 0 Å². The van der Waals surface area contributed by atoms with Gasteiger partial charge in [0.25, 0.3) is 12.3 Å². The number of hydrogen-bond acceptors (Lipinski definition) is 8. The standard InChI is InChI=1S/C26H29F5N4O5/c1-4-40-24(37)26(30,31)22-33-18-13-35(23(36)25(38-3)8-10-39-11-9-25)12-17(18)21(34-22)32-14(2)15-6-5-7-16(19(15)27)20(28)29/h5-7,14,20H,4,8-13H2,1-3H3,(H,32,33,34)/t14-/m1/s1. The SMILES string of the molecule is CCOC(=O)C(F)(F)c1nc2c(c(N[C@H](C)c3cccc(C(F)F)c3F)n1)CN(C(=O)C1(OC)CCOCC1)C2. The molecule has 0 spiro atoms. The Kier molecular flexibility index (Phi) is 8.59. The number of halogens is 5. The van der Waals surface area contributed by atoms with Gasteiger partial charge in [0.15, 0.2) is 5.60 Å². The van der Waals surface area contributed by atoms with Crippen LogP contribution in [-0.2, 0) is 42.8 Å². The first-order valence-corrected chi connectivity index (χ1v) is 12.7. The summed E-state index contributed by atoms with van der Waals surface area (Å²) in [6.45, 7) is 2.79. The molecule has 2 aromatic rings. The van der Waals surface area contributed by atoms with Crippen LogP contribution < -0.4 is 5.32 Å². The number of rotatable bonds is 9. The maximum Gasteiger partial charge on any atom is 0.401 e. The van der Waals surface area contributed by atoms with Gasteiger partial charge >= 0.3 is 11.9 Å². The Hall–Kier alpha value is -3.39. The van der Waals surface area contributed by atoms with Crippen molar-refractivity contribution in [3.05, 3.63) is 52.2 Å². The van der Waals surface area contributed by atoms with E-state index >= 15 is 8.78 Å². The van der Waals surface area contributed by atoms with Gasteiger partial charge in [0.2, 0.25) is 5.82 Å². The van der Waals surface area contributed by atoms with E-state index in [0.29, 0.717) is 13.2 Å². The minimum absolute atomic E-state index is 0.0390. The molecule has 2 aliphatic heterocycles. The van der Waals surface area contributed by atoms with Crippen molar-refractivity contribution in [2.24, 2.45) is 0 Å². The molecule has 2 aliphatic rings. The van der Waals surface area contributed by atoms with Crippen LogP contribution in [0.25, 0.3) is 0 Å². The zero-order valence-electron chi connectivity index (χ0n) is 22.1. The lowest BCUT2D eigenvalue weighted by Gasteiger charge is -2.37. The number of carbonyl (C=O) groups excluding carboxylic acids is 2. The van der Waals surface area contributed by atoms with E-state index in [1.54, 1.807) is 0 Å². The summed E-state index contributed by atoms with van der Waals surface area (Å²) in [5.41, 5.74) is -1.85. The monoisotopic (exact) mass is 572 g/mol. The van der Waals surface area contributed by atoms with Gasteiger partial charge < -0.3 is 24.4 Å². The van der Waals surface area contributed by atoms with E-state index in [0.717, 1.165) is 6.07 Å². The number of nitrogens with one attached hydrogen (secondary N) is 1. The third-order valence-corrected chi connectivity index (χ3v) is 7.08. The maximum atomic E-state index is 15.0. The predicted molar refractivity (Wildman–Crippen MR) is 130 cm³/mol. The summed E-state index contributed by atoms with van der Waals surface area (Å²) < 4.78 is 86.9. The van der Waals surface area contributed by atoms with E-state index < -0.39 is 53.1 Å². The fraction of sp³-hybridized carbons (Fsp3) is 0.538. The van der Waals surface area contributed by atoms with Crippen LogP contribution in [0.5, 0.6) is 0 Å². The van der Waals surface area contributed by atoms with E-state index in [-0.39, 0.29) is 55.2 Å². The number of hydrogen-bond donors (Lipinski definition) is 1. The largest absolute Gasteiger partial charge is 0.461 e. The lowest BCUT2D eigenvalue weighted by Crippen LogP contribution is -2.51. The van der Waals surface area contributed by atoms with Crippen molar-refractivity contribution in [1.29, 1.82) is 0 Å². The van der Waals surface area contributed by atoms with Crippen LogP contribution in [0.3, 0.4) is 0 Å². The van der Waals surface area contributed by atoms with Crippen molar-refractivity contribution in [2.75, 3.05) is 32.2 Å². The zero-order valence-corrected chi connectivity index (χ0v) is 22.1. The second-order valence-corrected chi connectivity index (χ2v) is 9.51. The summed E-state index contributed by atoms with van der Waals surface area (Å²) in [5, 5.41) is 2.80. The van der Waals surface area contributed by atoms with Crippen molar-refractivity contribution in [2.45, 2.75) is 63.8 Å². The lowest BCUT2D eigenvalue weighted by atomic mass is 9.92.